The number of esters is 1. The first-order valence-corrected chi connectivity index (χ1v) is 11.2. The van der Waals surface area contributed by atoms with Gasteiger partial charge in [0.15, 0.2) is 0 Å². The Morgan fingerprint density at radius 1 is 1.07 bits per heavy atom. The Morgan fingerprint density at radius 3 is 2.43 bits per heavy atom. The molecule has 0 spiro atoms. The zero-order valence-electron chi connectivity index (χ0n) is 16.5. The maximum absolute atomic E-state index is 12.9. The second-order valence-corrected chi connectivity index (χ2v) is 8.70. The van der Waals surface area contributed by atoms with Crippen LogP contribution in [0.2, 0.25) is 0 Å². The van der Waals surface area contributed by atoms with Crippen LogP contribution in [0.4, 0.5) is 5.00 Å². The standard InChI is InChI=1S/C23H20N2O3S2/c1-3-28-23(27)20-19(18-7-6-14-29-18)15(2)30-22(20)24-21(26)16-8-10-17(11-9-16)25-12-4-5-13-25/h4-14H,3H2,1-2H3,(H,24,26). The van der Waals surface area contributed by atoms with Crippen LogP contribution in [0.1, 0.15) is 32.5 Å². The lowest BCUT2D eigenvalue weighted by Crippen LogP contribution is -2.14. The Hall–Kier alpha value is -3.16. The van der Waals surface area contributed by atoms with E-state index in [1.807, 2.05) is 65.7 Å². The average Bonchev–Trinajstić information content (AvgIpc) is 3.49. The third-order valence-corrected chi connectivity index (χ3v) is 6.50. The molecule has 30 heavy (non-hydrogen) atoms. The van der Waals surface area contributed by atoms with Crippen LogP contribution in [0.25, 0.3) is 16.1 Å². The summed E-state index contributed by atoms with van der Waals surface area (Å²) in [6, 6.07) is 15.1. The fraction of sp³-hybridized carbons (Fsp3) is 0.130. The van der Waals surface area contributed by atoms with Gasteiger partial charge in [-0.1, -0.05) is 6.07 Å². The Morgan fingerprint density at radius 2 is 1.80 bits per heavy atom. The number of carbonyl (C=O) groups excluding carboxylic acids is 2. The van der Waals surface area contributed by atoms with Crippen LogP contribution < -0.4 is 5.32 Å². The van der Waals surface area contributed by atoms with Gasteiger partial charge in [-0.2, -0.15) is 0 Å². The molecule has 0 bridgehead atoms. The van der Waals surface area contributed by atoms with Crippen LogP contribution in [0.5, 0.6) is 0 Å². The minimum absolute atomic E-state index is 0.265. The number of rotatable bonds is 6. The molecule has 0 saturated heterocycles. The molecule has 7 heteroatoms. The molecule has 4 aromatic rings. The van der Waals surface area contributed by atoms with Gasteiger partial charge in [0.05, 0.1) is 6.61 Å². The van der Waals surface area contributed by atoms with Gasteiger partial charge in [-0.25, -0.2) is 4.79 Å². The first kappa shape index (κ1) is 20.1. The number of anilines is 1. The maximum Gasteiger partial charge on any atom is 0.341 e. The predicted molar refractivity (Wildman–Crippen MR) is 122 cm³/mol. The second kappa shape index (κ2) is 8.69. The normalized spacial score (nSPS) is 10.7. The van der Waals surface area contributed by atoms with Gasteiger partial charge in [-0.3, -0.25) is 4.79 Å². The summed E-state index contributed by atoms with van der Waals surface area (Å²) < 4.78 is 7.25. The Balaban J connectivity index is 1.64. The number of aryl methyl sites for hydroxylation is 1. The van der Waals surface area contributed by atoms with Gasteiger partial charge < -0.3 is 14.6 Å². The quantitative estimate of drug-likeness (QED) is 0.377. The highest BCUT2D eigenvalue weighted by molar-refractivity contribution is 7.18. The van der Waals surface area contributed by atoms with Crippen molar-refractivity contribution >= 4 is 39.6 Å². The van der Waals surface area contributed by atoms with E-state index in [1.54, 1.807) is 30.4 Å². The van der Waals surface area contributed by atoms with Gasteiger partial charge in [0.25, 0.3) is 5.91 Å². The highest BCUT2D eigenvalue weighted by atomic mass is 32.1. The fourth-order valence-corrected chi connectivity index (χ4v) is 5.17. The summed E-state index contributed by atoms with van der Waals surface area (Å²) in [5, 5.41) is 5.39. The van der Waals surface area contributed by atoms with Gasteiger partial charge in [-0.15, -0.1) is 22.7 Å². The summed E-state index contributed by atoms with van der Waals surface area (Å²) in [5.74, 6) is -0.693. The van der Waals surface area contributed by atoms with Crippen LogP contribution in [-0.4, -0.2) is 23.1 Å². The summed E-state index contributed by atoms with van der Waals surface area (Å²) in [6.45, 7) is 3.99. The van der Waals surface area contributed by atoms with Gasteiger partial charge in [0.2, 0.25) is 0 Å². The summed E-state index contributed by atoms with van der Waals surface area (Å²) >= 11 is 2.94. The van der Waals surface area contributed by atoms with Crippen molar-refractivity contribution in [2.75, 3.05) is 11.9 Å². The molecule has 0 atom stereocenters. The van der Waals surface area contributed by atoms with E-state index in [0.29, 0.717) is 16.1 Å². The largest absolute Gasteiger partial charge is 0.462 e. The number of nitrogens with one attached hydrogen (secondary N) is 1. The first-order valence-electron chi connectivity index (χ1n) is 9.47. The van der Waals surface area contributed by atoms with Crippen LogP contribution in [0.3, 0.4) is 0 Å². The lowest BCUT2D eigenvalue weighted by Gasteiger charge is -2.09. The van der Waals surface area contributed by atoms with E-state index in [-0.39, 0.29) is 12.5 Å². The molecule has 1 aromatic carbocycles. The lowest BCUT2D eigenvalue weighted by atomic mass is 10.1. The van der Waals surface area contributed by atoms with Crippen molar-refractivity contribution in [3.8, 4) is 16.1 Å². The molecular weight excluding hydrogens is 416 g/mol. The van der Waals surface area contributed by atoms with E-state index >= 15 is 0 Å². The van der Waals surface area contributed by atoms with Crippen molar-refractivity contribution in [1.82, 2.24) is 4.57 Å². The van der Waals surface area contributed by atoms with Crippen molar-refractivity contribution in [2.24, 2.45) is 0 Å². The van der Waals surface area contributed by atoms with Crippen LogP contribution >= 0.6 is 22.7 Å². The van der Waals surface area contributed by atoms with Crippen LogP contribution in [0.15, 0.2) is 66.3 Å². The summed E-state index contributed by atoms with van der Waals surface area (Å²) in [7, 11) is 0. The molecule has 0 radical (unpaired) electrons. The summed E-state index contributed by atoms with van der Waals surface area (Å²) in [4.78, 5) is 27.5. The SMILES string of the molecule is CCOC(=O)c1c(NC(=O)c2ccc(-n3cccc3)cc2)sc(C)c1-c1cccs1. The number of benzene rings is 1. The minimum atomic E-state index is -0.427. The number of hydrogen-bond donors (Lipinski definition) is 1. The smallest absolute Gasteiger partial charge is 0.341 e. The number of thiophene rings is 2. The van der Waals surface area contributed by atoms with E-state index < -0.39 is 5.97 Å². The fourth-order valence-electron chi connectivity index (χ4n) is 3.22. The Labute approximate surface area is 182 Å². The highest BCUT2D eigenvalue weighted by Gasteiger charge is 2.26. The lowest BCUT2D eigenvalue weighted by molar-refractivity contribution is 0.0529. The van der Waals surface area contributed by atoms with E-state index in [0.717, 1.165) is 21.0 Å². The first-order chi connectivity index (χ1) is 14.6. The summed E-state index contributed by atoms with van der Waals surface area (Å²) in [6.07, 6.45) is 3.89. The molecule has 0 aliphatic carbocycles. The second-order valence-electron chi connectivity index (χ2n) is 6.53. The minimum Gasteiger partial charge on any atom is -0.462 e. The number of hydrogen-bond acceptors (Lipinski definition) is 5. The number of ether oxygens (including phenoxy) is 1. The number of nitrogens with zero attached hydrogens (tertiary/aromatic N) is 1. The molecule has 0 unspecified atom stereocenters. The molecular formula is C23H20N2O3S2. The molecule has 0 aliphatic rings. The van der Waals surface area contributed by atoms with Crippen molar-refractivity contribution in [3.63, 3.8) is 0 Å². The van der Waals surface area contributed by atoms with Gasteiger partial charge in [0, 0.05) is 39.0 Å². The topological polar surface area (TPSA) is 60.3 Å². The van der Waals surface area contributed by atoms with Crippen LogP contribution in [0, 0.1) is 6.92 Å². The average molecular weight is 437 g/mol. The molecule has 152 valence electrons. The third kappa shape index (κ3) is 3.94. The van der Waals surface area contributed by atoms with E-state index in [4.69, 9.17) is 4.74 Å². The van der Waals surface area contributed by atoms with E-state index in [1.165, 1.54) is 11.3 Å². The summed E-state index contributed by atoms with van der Waals surface area (Å²) in [5.41, 5.74) is 2.73. The van der Waals surface area contributed by atoms with E-state index in [2.05, 4.69) is 5.32 Å². The zero-order chi connectivity index (χ0) is 21.1. The van der Waals surface area contributed by atoms with Crippen molar-refractivity contribution in [3.05, 3.63) is 82.3 Å². The number of carbonyl (C=O) groups is 2. The Bertz CT molecular complexity index is 1160. The van der Waals surface area contributed by atoms with Gasteiger partial charge >= 0.3 is 5.97 Å². The molecule has 0 aliphatic heterocycles. The highest BCUT2D eigenvalue weighted by Crippen LogP contribution is 2.42. The number of amides is 1. The predicted octanol–water partition coefficient (Wildman–Crippen LogP) is 6.00. The van der Waals surface area contributed by atoms with Gasteiger partial charge in [-0.05, 0) is 61.7 Å². The third-order valence-electron chi connectivity index (χ3n) is 4.59. The van der Waals surface area contributed by atoms with Crippen molar-refractivity contribution < 1.29 is 14.3 Å². The molecule has 1 amide bonds. The maximum atomic E-state index is 12.9. The van der Waals surface area contributed by atoms with Crippen molar-refractivity contribution in [1.29, 1.82) is 0 Å². The van der Waals surface area contributed by atoms with Crippen LogP contribution in [-0.2, 0) is 4.74 Å². The molecule has 4 rings (SSSR count). The molecule has 0 fully saturated rings. The number of aromatic nitrogens is 1. The monoisotopic (exact) mass is 436 g/mol. The Kier molecular flexibility index (Phi) is 5.83. The van der Waals surface area contributed by atoms with Crippen molar-refractivity contribution in [2.45, 2.75) is 13.8 Å². The molecule has 3 heterocycles. The zero-order valence-corrected chi connectivity index (χ0v) is 18.2. The molecule has 0 saturated carbocycles. The van der Waals surface area contributed by atoms with Gasteiger partial charge in [0.1, 0.15) is 10.6 Å². The molecule has 3 aromatic heterocycles. The molecule has 1 N–H and O–H groups in total. The van der Waals surface area contributed by atoms with E-state index in [9.17, 15) is 9.59 Å². The molecule has 5 nitrogen and oxygen atoms in total.